The lowest BCUT2D eigenvalue weighted by Gasteiger charge is -2.41. The maximum atomic E-state index is 12.6. The van der Waals surface area contributed by atoms with E-state index in [1.54, 1.807) is 0 Å². The van der Waals surface area contributed by atoms with E-state index in [9.17, 15) is 27.6 Å². The fraction of sp³-hybridized carbons (Fsp3) is 0.385. The molecule has 0 spiro atoms. The number of carbonyl (C=O) groups excluding carboxylic acids is 4. The number of hydrogen-bond acceptors (Lipinski definition) is 11. The van der Waals surface area contributed by atoms with E-state index in [1.165, 1.54) is 5.38 Å². The Morgan fingerprint density at radius 1 is 1.40 bits per heavy atom. The van der Waals surface area contributed by atoms with E-state index in [-0.39, 0.29) is 21.0 Å². The molecule has 1 fully saturated rings. The summed E-state index contributed by atoms with van der Waals surface area (Å²) in [6.07, 6.45) is 0. The molecule has 2 heterocycles. The van der Waals surface area contributed by atoms with Gasteiger partial charge in [-0.15, -0.1) is 22.9 Å². The van der Waals surface area contributed by atoms with Gasteiger partial charge in [0, 0.05) is 5.38 Å². The third-order valence-corrected chi connectivity index (χ3v) is 5.45. The lowest BCUT2D eigenvalue weighted by Crippen LogP contribution is -2.74. The number of esters is 1. The summed E-state index contributed by atoms with van der Waals surface area (Å²) >= 11 is 6.32. The number of anilines is 1. The Labute approximate surface area is 178 Å². The van der Waals surface area contributed by atoms with Gasteiger partial charge in [-0.3, -0.25) is 18.9 Å². The van der Waals surface area contributed by atoms with Gasteiger partial charge < -0.3 is 20.2 Å². The van der Waals surface area contributed by atoms with Crippen LogP contribution in [0, 0.1) is 0 Å². The average Bonchev–Trinajstić information content (AvgIpc) is 3.13. The number of β-lactam (4-membered cyclic amide) rings is 1. The van der Waals surface area contributed by atoms with Gasteiger partial charge in [0.2, 0.25) is 5.91 Å². The first kappa shape index (κ1) is 23.5. The predicted molar refractivity (Wildman–Crippen MR) is 101 cm³/mol. The second-order valence-electron chi connectivity index (χ2n) is 5.37. The number of carbonyl (C=O) groups is 4. The first-order chi connectivity index (χ1) is 14.0. The molecular weight excluding hydrogens is 470 g/mol. The minimum atomic E-state index is -5.07. The Hall–Kier alpha value is -2.82. The highest BCUT2D eigenvalue weighted by molar-refractivity contribution is 7.84. The summed E-state index contributed by atoms with van der Waals surface area (Å²) in [6, 6.07) is -3.48. The van der Waals surface area contributed by atoms with Crippen molar-refractivity contribution in [3.63, 3.8) is 0 Å². The van der Waals surface area contributed by atoms with E-state index in [1.807, 2.05) is 0 Å². The van der Waals surface area contributed by atoms with Crippen molar-refractivity contribution in [2.45, 2.75) is 12.1 Å². The van der Waals surface area contributed by atoms with Crippen LogP contribution in [0.5, 0.6) is 0 Å². The number of nitrogens with zero attached hydrogens (tertiary/aromatic N) is 3. The topological polar surface area (TPSA) is 194 Å². The molecule has 3 N–H and O–H groups in total. The zero-order valence-electron chi connectivity index (χ0n) is 15.2. The molecule has 1 aliphatic heterocycles. The number of oxime groups is 1. The molecule has 2 rings (SSSR count). The Balaban J connectivity index is 2.25. The van der Waals surface area contributed by atoms with E-state index in [4.69, 9.17) is 16.2 Å². The molecule has 1 aromatic rings. The molecule has 0 unspecified atom stereocenters. The molecule has 17 heteroatoms. The van der Waals surface area contributed by atoms with Gasteiger partial charge in [0.1, 0.15) is 24.7 Å². The van der Waals surface area contributed by atoms with E-state index in [0.29, 0.717) is 0 Å². The minimum absolute atomic E-state index is 0.0581. The van der Waals surface area contributed by atoms with Crippen LogP contribution in [0.2, 0.25) is 0 Å². The smallest absolute Gasteiger partial charge is 0.363 e. The standard InChI is InChI=1S/C13H14ClN5O9S2/c1-27-12(23)9-8(11(22)19(9)30(24,25)26)17-10(21)7(18-28-2)5-4-29-13(15-5)16-6(20)3-14/h4,8-9H,3H2,1-2H3,(H,17,21)(H,15,16,20)(H,24,25,26)/t8-,9-/m0/s1. The summed E-state index contributed by atoms with van der Waals surface area (Å²) in [5.74, 6) is -4.39. The maximum Gasteiger partial charge on any atom is 0.363 e. The quantitative estimate of drug-likeness (QED) is 0.0961. The number of aromatic nitrogens is 1. The zero-order chi connectivity index (χ0) is 22.6. The van der Waals surface area contributed by atoms with Crippen LogP contribution in [0.25, 0.3) is 0 Å². The van der Waals surface area contributed by atoms with Gasteiger partial charge in [0.05, 0.1) is 7.11 Å². The number of ether oxygens (including phenoxy) is 1. The Morgan fingerprint density at radius 3 is 2.60 bits per heavy atom. The monoisotopic (exact) mass is 483 g/mol. The van der Waals surface area contributed by atoms with Crippen LogP contribution in [0.4, 0.5) is 5.13 Å². The van der Waals surface area contributed by atoms with Crippen molar-refractivity contribution in [3.8, 4) is 0 Å². The van der Waals surface area contributed by atoms with Gasteiger partial charge >= 0.3 is 16.3 Å². The van der Waals surface area contributed by atoms with Crippen LogP contribution in [-0.2, 0) is 39.1 Å². The summed E-state index contributed by atoms with van der Waals surface area (Å²) in [6.45, 7) is 0. The molecule has 1 aliphatic rings. The van der Waals surface area contributed by atoms with E-state index >= 15 is 0 Å². The molecule has 0 radical (unpaired) electrons. The Bertz CT molecular complexity index is 1010. The molecule has 1 aromatic heterocycles. The van der Waals surface area contributed by atoms with Crippen LogP contribution in [0.15, 0.2) is 10.5 Å². The van der Waals surface area contributed by atoms with E-state index in [0.717, 1.165) is 25.6 Å². The van der Waals surface area contributed by atoms with Crippen LogP contribution < -0.4 is 10.6 Å². The molecule has 14 nitrogen and oxygen atoms in total. The number of rotatable bonds is 8. The van der Waals surface area contributed by atoms with Gasteiger partial charge in [0.15, 0.2) is 16.9 Å². The van der Waals surface area contributed by atoms with Crippen LogP contribution in [-0.4, -0.2) is 83.8 Å². The predicted octanol–water partition coefficient (Wildman–Crippen LogP) is -1.66. The van der Waals surface area contributed by atoms with Gasteiger partial charge in [-0.2, -0.15) is 12.7 Å². The van der Waals surface area contributed by atoms with Crippen molar-refractivity contribution in [2.24, 2.45) is 5.16 Å². The largest absolute Gasteiger partial charge is 0.467 e. The molecule has 3 amide bonds. The Kier molecular flexibility index (Phi) is 7.30. The first-order valence-electron chi connectivity index (χ1n) is 7.67. The third kappa shape index (κ3) is 4.84. The first-order valence-corrected chi connectivity index (χ1v) is 10.5. The number of alkyl halides is 1. The molecule has 0 aliphatic carbocycles. The molecule has 0 saturated carbocycles. The van der Waals surface area contributed by atoms with Gasteiger partial charge in [-0.05, 0) is 0 Å². The molecular formula is C13H14ClN5O9S2. The SMILES string of the molecule is CON=C(C(=O)N[C@@H]1C(=O)N(S(=O)(=O)O)[C@@H]1C(=O)OC)c1csc(NC(=O)CCl)n1. The Morgan fingerprint density at radius 2 is 2.07 bits per heavy atom. The molecule has 0 bridgehead atoms. The molecule has 30 heavy (non-hydrogen) atoms. The van der Waals surface area contributed by atoms with E-state index in [2.05, 4.69) is 30.3 Å². The highest BCUT2D eigenvalue weighted by atomic mass is 35.5. The summed E-state index contributed by atoms with van der Waals surface area (Å²) in [7, 11) is -3.01. The molecule has 2 atom stereocenters. The summed E-state index contributed by atoms with van der Waals surface area (Å²) in [4.78, 5) is 56.4. The van der Waals surface area contributed by atoms with Crippen molar-refractivity contribution in [1.82, 2.24) is 14.6 Å². The number of methoxy groups -OCH3 is 1. The lowest BCUT2D eigenvalue weighted by atomic mass is 9.98. The number of thiazole rings is 1. The maximum absolute atomic E-state index is 12.6. The minimum Gasteiger partial charge on any atom is -0.467 e. The second kappa shape index (κ2) is 9.33. The highest BCUT2D eigenvalue weighted by Crippen LogP contribution is 2.25. The number of halogens is 1. The molecule has 1 saturated heterocycles. The van der Waals surface area contributed by atoms with Crippen molar-refractivity contribution in [1.29, 1.82) is 0 Å². The van der Waals surface area contributed by atoms with Crippen molar-refractivity contribution in [2.75, 3.05) is 25.4 Å². The van der Waals surface area contributed by atoms with E-state index < -0.39 is 51.8 Å². The second-order valence-corrected chi connectivity index (χ2v) is 7.79. The fourth-order valence-corrected chi connectivity index (χ4v) is 3.92. The zero-order valence-corrected chi connectivity index (χ0v) is 17.6. The normalized spacial score (nSPS) is 19.0. The summed E-state index contributed by atoms with van der Waals surface area (Å²) in [5, 5.41) is 9.42. The number of amides is 3. The highest BCUT2D eigenvalue weighted by Gasteiger charge is 2.58. The van der Waals surface area contributed by atoms with Crippen molar-refractivity contribution >= 4 is 67.8 Å². The van der Waals surface area contributed by atoms with Crippen molar-refractivity contribution in [3.05, 3.63) is 11.1 Å². The third-order valence-electron chi connectivity index (χ3n) is 3.54. The summed E-state index contributed by atoms with van der Waals surface area (Å²) < 4.78 is 36.0. The lowest BCUT2D eigenvalue weighted by molar-refractivity contribution is -0.162. The average molecular weight is 484 g/mol. The number of nitrogens with one attached hydrogen (secondary N) is 2. The van der Waals surface area contributed by atoms with Crippen LogP contribution >= 0.6 is 22.9 Å². The van der Waals surface area contributed by atoms with Gasteiger partial charge in [-0.1, -0.05) is 5.16 Å². The van der Waals surface area contributed by atoms with Gasteiger partial charge in [-0.25, -0.2) is 9.78 Å². The number of hydrogen-bond donors (Lipinski definition) is 3. The fourth-order valence-electron chi connectivity index (χ4n) is 2.31. The summed E-state index contributed by atoms with van der Waals surface area (Å²) in [5.41, 5.74) is -0.501. The van der Waals surface area contributed by atoms with Crippen molar-refractivity contribution < 1.29 is 41.7 Å². The van der Waals surface area contributed by atoms with Gasteiger partial charge in [0.25, 0.3) is 11.8 Å². The van der Waals surface area contributed by atoms with Crippen LogP contribution in [0.1, 0.15) is 5.69 Å². The molecule has 0 aromatic carbocycles. The van der Waals surface area contributed by atoms with Crippen LogP contribution in [0.3, 0.4) is 0 Å². The molecule has 164 valence electrons.